The van der Waals surface area contributed by atoms with Crippen LogP contribution in [0.15, 0.2) is 28.4 Å². The van der Waals surface area contributed by atoms with Crippen LogP contribution in [0.25, 0.3) is 0 Å². The van der Waals surface area contributed by atoms with Gasteiger partial charge in [0.15, 0.2) is 0 Å². The molecule has 2 amide bonds. The van der Waals surface area contributed by atoms with E-state index in [4.69, 9.17) is 9.40 Å². The number of furan rings is 1. The number of hydrogen-bond donors (Lipinski definition) is 1. The fraction of sp³-hybridized carbons (Fsp3) is 0.550. The lowest BCUT2D eigenvalue weighted by Crippen LogP contribution is -2.39. The molecule has 0 aromatic carbocycles. The van der Waals surface area contributed by atoms with Crippen molar-refractivity contribution in [1.82, 2.24) is 15.2 Å². The molecule has 1 atom stereocenters. The third-order valence-electron chi connectivity index (χ3n) is 5.55. The molecule has 7 heteroatoms. The largest absolute Gasteiger partial charge is 0.472 e. The average molecular weight is 388 g/mol. The highest BCUT2D eigenvalue weighted by molar-refractivity contribution is 7.09. The number of nitrogens with one attached hydrogen (secondary N) is 1. The first-order chi connectivity index (χ1) is 13.2. The third-order valence-corrected chi connectivity index (χ3v) is 6.61. The van der Waals surface area contributed by atoms with Gasteiger partial charge in [-0.2, -0.15) is 0 Å². The van der Waals surface area contributed by atoms with E-state index >= 15 is 0 Å². The minimum absolute atomic E-state index is 0.0314. The van der Waals surface area contributed by atoms with Gasteiger partial charge in [-0.15, -0.1) is 11.3 Å². The molecular formula is C20H25N3O3S. The Bertz CT molecular complexity index is 782. The summed E-state index contributed by atoms with van der Waals surface area (Å²) in [5.74, 6) is 0.747. The lowest BCUT2D eigenvalue weighted by Gasteiger charge is -2.31. The van der Waals surface area contributed by atoms with Crippen LogP contribution in [0.4, 0.5) is 0 Å². The van der Waals surface area contributed by atoms with Crippen molar-refractivity contribution >= 4 is 23.2 Å². The number of rotatable bonds is 6. The molecule has 0 radical (unpaired) electrons. The fourth-order valence-electron chi connectivity index (χ4n) is 3.69. The number of likely N-dealkylation sites (tertiary alicyclic amines) is 1. The number of carbonyl (C=O) groups excluding carboxylic acids is 2. The first-order valence-corrected chi connectivity index (χ1v) is 10.6. The van der Waals surface area contributed by atoms with Crippen LogP contribution in [0.2, 0.25) is 0 Å². The molecule has 0 spiro atoms. The SMILES string of the molecule is O=C(NCCc1csc([C@@H]2CCCN(C(=O)c3ccoc3)C2)n1)C1CCC1. The monoisotopic (exact) mass is 387 g/mol. The topological polar surface area (TPSA) is 75.4 Å². The zero-order chi connectivity index (χ0) is 18.6. The minimum Gasteiger partial charge on any atom is -0.472 e. The van der Waals surface area contributed by atoms with Crippen LogP contribution in [0.3, 0.4) is 0 Å². The summed E-state index contributed by atoms with van der Waals surface area (Å²) in [6.07, 6.45) is 9.08. The van der Waals surface area contributed by atoms with Crippen LogP contribution in [0.1, 0.15) is 59.1 Å². The molecule has 1 saturated carbocycles. The highest BCUT2D eigenvalue weighted by atomic mass is 32.1. The lowest BCUT2D eigenvalue weighted by molar-refractivity contribution is -0.127. The van der Waals surface area contributed by atoms with Crippen LogP contribution in [-0.4, -0.2) is 41.3 Å². The van der Waals surface area contributed by atoms with E-state index in [9.17, 15) is 9.59 Å². The summed E-state index contributed by atoms with van der Waals surface area (Å²) in [6.45, 7) is 2.13. The molecule has 1 aliphatic carbocycles. The Labute approximate surface area is 163 Å². The van der Waals surface area contributed by atoms with E-state index in [-0.39, 0.29) is 23.7 Å². The van der Waals surface area contributed by atoms with Crippen LogP contribution in [0, 0.1) is 5.92 Å². The molecule has 2 aromatic heterocycles. The standard InChI is InChI=1S/C20H25N3O3S/c24-18(14-3-1-4-14)21-8-6-17-13-27-19(22-17)15-5-2-9-23(11-15)20(25)16-7-10-26-12-16/h7,10,12-15H,1-6,8-9,11H2,(H,21,24)/t15-/m1/s1. The predicted molar refractivity (Wildman–Crippen MR) is 103 cm³/mol. The summed E-state index contributed by atoms with van der Waals surface area (Å²) in [6, 6.07) is 1.71. The molecule has 2 aliphatic rings. The van der Waals surface area contributed by atoms with Gasteiger partial charge in [-0.25, -0.2) is 4.98 Å². The third kappa shape index (κ3) is 4.24. The second-order valence-electron chi connectivity index (χ2n) is 7.45. The molecule has 0 bridgehead atoms. The smallest absolute Gasteiger partial charge is 0.257 e. The number of piperidine rings is 1. The zero-order valence-electron chi connectivity index (χ0n) is 15.4. The van der Waals surface area contributed by atoms with E-state index in [1.165, 1.54) is 18.9 Å². The Kier molecular flexibility index (Phi) is 5.57. The molecule has 6 nitrogen and oxygen atoms in total. The Morgan fingerprint density at radius 2 is 2.19 bits per heavy atom. The van der Waals surface area contributed by atoms with Gasteiger partial charge in [0.2, 0.25) is 5.91 Å². The van der Waals surface area contributed by atoms with Gasteiger partial charge in [-0.1, -0.05) is 6.42 Å². The number of thiazole rings is 1. The molecule has 0 unspecified atom stereocenters. The van der Waals surface area contributed by atoms with Crippen LogP contribution in [0.5, 0.6) is 0 Å². The number of carbonyl (C=O) groups is 2. The summed E-state index contributed by atoms with van der Waals surface area (Å²) >= 11 is 1.67. The van der Waals surface area contributed by atoms with E-state index in [1.54, 1.807) is 17.4 Å². The number of hydrogen-bond acceptors (Lipinski definition) is 5. The number of amides is 2. The van der Waals surface area contributed by atoms with Gasteiger partial charge >= 0.3 is 0 Å². The number of nitrogens with zero attached hydrogens (tertiary/aromatic N) is 2. The summed E-state index contributed by atoms with van der Waals surface area (Å²) in [5, 5.41) is 6.21. The van der Waals surface area contributed by atoms with Gasteiger partial charge in [0.05, 0.1) is 22.5 Å². The van der Waals surface area contributed by atoms with Gasteiger partial charge in [-0.05, 0) is 31.7 Å². The van der Waals surface area contributed by atoms with Gasteiger partial charge in [0.1, 0.15) is 6.26 Å². The average Bonchev–Trinajstić information content (AvgIpc) is 3.32. The maximum Gasteiger partial charge on any atom is 0.257 e. The van der Waals surface area contributed by atoms with Crippen LogP contribution in [-0.2, 0) is 11.2 Å². The molecule has 2 fully saturated rings. The summed E-state index contributed by atoms with van der Waals surface area (Å²) < 4.78 is 5.03. The molecule has 144 valence electrons. The normalized spacial score (nSPS) is 20.3. The lowest BCUT2D eigenvalue weighted by atomic mass is 9.85. The fourth-order valence-corrected chi connectivity index (χ4v) is 4.67. The van der Waals surface area contributed by atoms with Crippen molar-refractivity contribution in [3.63, 3.8) is 0 Å². The Morgan fingerprint density at radius 1 is 1.30 bits per heavy atom. The van der Waals surface area contributed by atoms with E-state index in [0.29, 0.717) is 18.7 Å². The van der Waals surface area contributed by atoms with Crippen molar-refractivity contribution in [3.8, 4) is 0 Å². The van der Waals surface area contributed by atoms with E-state index in [2.05, 4.69) is 10.7 Å². The van der Waals surface area contributed by atoms with Crippen LogP contribution >= 0.6 is 11.3 Å². The highest BCUT2D eigenvalue weighted by Crippen LogP contribution is 2.30. The highest BCUT2D eigenvalue weighted by Gasteiger charge is 2.28. The Hall–Kier alpha value is -2.15. The molecular weight excluding hydrogens is 362 g/mol. The quantitative estimate of drug-likeness (QED) is 0.826. The first-order valence-electron chi connectivity index (χ1n) is 9.74. The van der Waals surface area contributed by atoms with Crippen molar-refractivity contribution < 1.29 is 14.0 Å². The van der Waals surface area contributed by atoms with Gasteiger partial charge < -0.3 is 14.6 Å². The van der Waals surface area contributed by atoms with Crippen molar-refractivity contribution in [3.05, 3.63) is 40.2 Å². The molecule has 1 saturated heterocycles. The molecule has 1 aliphatic heterocycles. The molecule has 1 N–H and O–H groups in total. The van der Waals surface area contributed by atoms with Crippen molar-refractivity contribution in [2.24, 2.45) is 5.92 Å². The Balaban J connectivity index is 1.29. The predicted octanol–water partition coefficient (Wildman–Crippen LogP) is 3.21. The zero-order valence-corrected chi connectivity index (χ0v) is 16.2. The van der Waals surface area contributed by atoms with E-state index < -0.39 is 0 Å². The van der Waals surface area contributed by atoms with Crippen molar-refractivity contribution in [2.75, 3.05) is 19.6 Å². The maximum atomic E-state index is 12.5. The minimum atomic E-state index is 0.0314. The van der Waals surface area contributed by atoms with E-state index in [0.717, 1.165) is 49.4 Å². The number of aromatic nitrogens is 1. The second kappa shape index (κ2) is 8.25. The van der Waals surface area contributed by atoms with E-state index in [1.807, 2.05) is 4.90 Å². The summed E-state index contributed by atoms with van der Waals surface area (Å²) in [4.78, 5) is 31.1. The molecule has 27 heavy (non-hydrogen) atoms. The van der Waals surface area contributed by atoms with Crippen molar-refractivity contribution in [1.29, 1.82) is 0 Å². The summed E-state index contributed by atoms with van der Waals surface area (Å²) in [5.41, 5.74) is 1.64. The van der Waals surface area contributed by atoms with Gasteiger partial charge in [-0.3, -0.25) is 9.59 Å². The second-order valence-corrected chi connectivity index (χ2v) is 8.34. The molecule has 2 aromatic rings. The van der Waals surface area contributed by atoms with Crippen LogP contribution < -0.4 is 5.32 Å². The maximum absolute atomic E-state index is 12.5. The van der Waals surface area contributed by atoms with Gasteiger partial charge in [0, 0.05) is 43.3 Å². The first kappa shape index (κ1) is 18.2. The Morgan fingerprint density at radius 3 is 2.93 bits per heavy atom. The molecule has 3 heterocycles. The van der Waals surface area contributed by atoms with Crippen molar-refractivity contribution in [2.45, 2.75) is 44.4 Å². The van der Waals surface area contributed by atoms with Gasteiger partial charge in [0.25, 0.3) is 5.91 Å². The summed E-state index contributed by atoms with van der Waals surface area (Å²) in [7, 11) is 0. The molecule has 4 rings (SSSR count).